The quantitative estimate of drug-likeness (QED) is 0.902. The highest BCUT2D eigenvalue weighted by molar-refractivity contribution is 6.31. The lowest BCUT2D eigenvalue weighted by atomic mass is 9.96. The summed E-state index contributed by atoms with van der Waals surface area (Å²) >= 11 is 6.14. The number of hydrogen-bond donors (Lipinski definition) is 1. The van der Waals surface area contributed by atoms with Gasteiger partial charge in [0.2, 0.25) is 5.82 Å². The molecule has 17 heavy (non-hydrogen) atoms. The summed E-state index contributed by atoms with van der Waals surface area (Å²) < 4.78 is 0. The van der Waals surface area contributed by atoms with Gasteiger partial charge in [-0.2, -0.15) is 5.26 Å². The highest BCUT2D eigenvalue weighted by Gasteiger charge is 2.11. The third kappa shape index (κ3) is 2.66. The van der Waals surface area contributed by atoms with Crippen molar-refractivity contribution in [3.05, 3.63) is 52.6 Å². The molecular weight excluding hydrogens is 234 g/mol. The highest BCUT2D eigenvalue weighted by Crippen LogP contribution is 2.26. The van der Waals surface area contributed by atoms with Crippen molar-refractivity contribution >= 4 is 11.6 Å². The highest BCUT2D eigenvalue weighted by atomic mass is 35.5. The first-order chi connectivity index (χ1) is 8.20. The van der Waals surface area contributed by atoms with Gasteiger partial charge in [0.15, 0.2) is 0 Å². The van der Waals surface area contributed by atoms with Crippen molar-refractivity contribution in [2.45, 2.75) is 19.3 Å². The Balaban J connectivity index is 2.14. The molecule has 0 saturated carbocycles. The van der Waals surface area contributed by atoms with Crippen molar-refractivity contribution in [3.8, 4) is 6.07 Å². The lowest BCUT2D eigenvalue weighted by Crippen LogP contribution is -1.99. The zero-order valence-electron chi connectivity index (χ0n) is 9.44. The van der Waals surface area contributed by atoms with Gasteiger partial charge in [-0.15, -0.1) is 0 Å². The Labute approximate surface area is 105 Å². The first kappa shape index (κ1) is 11.7. The Morgan fingerprint density at radius 2 is 2.24 bits per heavy atom. The minimum Gasteiger partial charge on any atom is -0.336 e. The normalized spacial score (nSPS) is 12.1. The number of nitriles is 1. The number of nitrogens with zero attached hydrogens (tertiary/aromatic N) is 2. The molecule has 86 valence electrons. The molecule has 1 aromatic heterocycles. The molecule has 0 bridgehead atoms. The van der Waals surface area contributed by atoms with Crippen LogP contribution in [0.3, 0.4) is 0 Å². The van der Waals surface area contributed by atoms with Crippen LogP contribution in [0.4, 0.5) is 0 Å². The largest absolute Gasteiger partial charge is 0.336 e. The molecule has 0 aliphatic carbocycles. The van der Waals surface area contributed by atoms with Gasteiger partial charge in [0, 0.05) is 11.2 Å². The lowest BCUT2D eigenvalue weighted by Gasteiger charge is -2.11. The molecule has 0 spiro atoms. The van der Waals surface area contributed by atoms with Gasteiger partial charge in [-0.05, 0) is 24.0 Å². The fourth-order valence-electron chi connectivity index (χ4n) is 1.82. The van der Waals surface area contributed by atoms with Crippen molar-refractivity contribution in [2.75, 3.05) is 0 Å². The van der Waals surface area contributed by atoms with E-state index in [1.54, 1.807) is 6.20 Å². The van der Waals surface area contributed by atoms with E-state index in [2.05, 4.69) is 16.9 Å². The monoisotopic (exact) mass is 245 g/mol. The molecule has 0 saturated heterocycles. The van der Waals surface area contributed by atoms with E-state index in [9.17, 15) is 0 Å². The van der Waals surface area contributed by atoms with Gasteiger partial charge in [-0.1, -0.05) is 36.7 Å². The number of aromatic nitrogens is 2. The van der Waals surface area contributed by atoms with Crippen molar-refractivity contribution in [2.24, 2.45) is 0 Å². The van der Waals surface area contributed by atoms with Crippen LogP contribution in [-0.2, 0) is 6.42 Å². The van der Waals surface area contributed by atoms with Crippen LogP contribution in [0.2, 0.25) is 5.02 Å². The van der Waals surface area contributed by atoms with Crippen LogP contribution in [0, 0.1) is 11.3 Å². The molecule has 3 nitrogen and oxygen atoms in total. The average molecular weight is 246 g/mol. The molecule has 4 heteroatoms. The molecule has 2 rings (SSSR count). The molecule has 0 aliphatic rings. The molecule has 0 fully saturated rings. The summed E-state index contributed by atoms with van der Waals surface area (Å²) in [6.45, 7) is 2.10. The number of H-pyrrole nitrogens is 1. The second-order valence-corrected chi connectivity index (χ2v) is 4.39. The fourth-order valence-corrected chi connectivity index (χ4v) is 2.14. The van der Waals surface area contributed by atoms with Gasteiger partial charge in [-0.3, -0.25) is 0 Å². The van der Waals surface area contributed by atoms with Gasteiger partial charge in [0.05, 0.1) is 5.69 Å². The zero-order valence-corrected chi connectivity index (χ0v) is 10.2. The van der Waals surface area contributed by atoms with Crippen LogP contribution in [0.25, 0.3) is 0 Å². The van der Waals surface area contributed by atoms with Crippen molar-refractivity contribution in [3.63, 3.8) is 0 Å². The number of rotatable bonds is 3. The van der Waals surface area contributed by atoms with Gasteiger partial charge in [0.25, 0.3) is 0 Å². The van der Waals surface area contributed by atoms with E-state index in [0.717, 1.165) is 22.7 Å². The summed E-state index contributed by atoms with van der Waals surface area (Å²) in [5, 5.41) is 9.46. The third-order valence-corrected chi connectivity index (χ3v) is 3.03. The SMILES string of the molecule is CC(Cc1c[nH]c(C#N)n1)c1ccccc1Cl. The zero-order chi connectivity index (χ0) is 12.3. The van der Waals surface area contributed by atoms with Crippen LogP contribution in [0.15, 0.2) is 30.5 Å². The molecule has 0 radical (unpaired) electrons. The third-order valence-electron chi connectivity index (χ3n) is 2.69. The van der Waals surface area contributed by atoms with E-state index < -0.39 is 0 Å². The van der Waals surface area contributed by atoms with E-state index in [0.29, 0.717) is 5.82 Å². The smallest absolute Gasteiger partial charge is 0.210 e. The topological polar surface area (TPSA) is 52.5 Å². The first-order valence-electron chi connectivity index (χ1n) is 5.39. The Morgan fingerprint density at radius 3 is 2.88 bits per heavy atom. The summed E-state index contributed by atoms with van der Waals surface area (Å²) in [4.78, 5) is 6.99. The number of aromatic amines is 1. The maximum absolute atomic E-state index is 8.68. The average Bonchev–Trinajstić information content (AvgIpc) is 2.77. The van der Waals surface area contributed by atoms with E-state index in [1.165, 1.54) is 0 Å². The Kier molecular flexibility index (Phi) is 3.46. The van der Waals surface area contributed by atoms with Gasteiger partial charge in [0.1, 0.15) is 6.07 Å². The van der Waals surface area contributed by atoms with E-state index >= 15 is 0 Å². The predicted molar refractivity (Wildman–Crippen MR) is 66.9 cm³/mol. The summed E-state index contributed by atoms with van der Waals surface area (Å²) in [6.07, 6.45) is 2.54. The van der Waals surface area contributed by atoms with Gasteiger partial charge in [-0.25, -0.2) is 4.98 Å². The first-order valence-corrected chi connectivity index (χ1v) is 5.77. The van der Waals surface area contributed by atoms with Crippen molar-refractivity contribution in [1.82, 2.24) is 9.97 Å². The van der Waals surface area contributed by atoms with Crippen molar-refractivity contribution in [1.29, 1.82) is 5.26 Å². The molecule has 0 aliphatic heterocycles. The maximum Gasteiger partial charge on any atom is 0.210 e. The number of nitrogens with one attached hydrogen (secondary N) is 1. The van der Waals surface area contributed by atoms with E-state index in [-0.39, 0.29) is 5.92 Å². The van der Waals surface area contributed by atoms with Crippen LogP contribution in [0.1, 0.15) is 29.9 Å². The van der Waals surface area contributed by atoms with Crippen LogP contribution in [-0.4, -0.2) is 9.97 Å². The number of benzene rings is 1. The van der Waals surface area contributed by atoms with Crippen LogP contribution < -0.4 is 0 Å². The summed E-state index contributed by atoms with van der Waals surface area (Å²) in [5.74, 6) is 0.630. The Bertz CT molecular complexity index is 554. The molecule has 1 N–H and O–H groups in total. The van der Waals surface area contributed by atoms with E-state index in [1.807, 2.05) is 30.3 Å². The molecule has 1 unspecified atom stereocenters. The molecule has 2 aromatic rings. The van der Waals surface area contributed by atoms with Crippen molar-refractivity contribution < 1.29 is 0 Å². The minimum absolute atomic E-state index is 0.276. The summed E-state index contributed by atoms with van der Waals surface area (Å²) in [7, 11) is 0. The summed E-state index contributed by atoms with van der Waals surface area (Å²) in [5.41, 5.74) is 1.99. The van der Waals surface area contributed by atoms with Gasteiger partial charge >= 0.3 is 0 Å². The molecule has 0 amide bonds. The Morgan fingerprint density at radius 1 is 1.47 bits per heavy atom. The van der Waals surface area contributed by atoms with E-state index in [4.69, 9.17) is 16.9 Å². The number of halogens is 1. The number of imidazole rings is 1. The second-order valence-electron chi connectivity index (χ2n) is 3.98. The Hall–Kier alpha value is -1.79. The molecule has 1 aromatic carbocycles. The maximum atomic E-state index is 8.68. The molecule has 1 heterocycles. The molecular formula is C13H12ClN3. The molecule has 1 atom stereocenters. The second kappa shape index (κ2) is 5.03. The minimum atomic E-state index is 0.276. The van der Waals surface area contributed by atoms with Crippen LogP contribution in [0.5, 0.6) is 0 Å². The standard InChI is InChI=1S/C13H12ClN3/c1-9(11-4-2-3-5-12(11)14)6-10-8-16-13(7-15)17-10/h2-5,8-9H,6H2,1H3,(H,16,17). The van der Waals surface area contributed by atoms with Gasteiger partial charge < -0.3 is 4.98 Å². The van der Waals surface area contributed by atoms with Crippen LogP contribution >= 0.6 is 11.6 Å². The summed E-state index contributed by atoms with van der Waals surface area (Å²) in [6, 6.07) is 9.78. The lowest BCUT2D eigenvalue weighted by molar-refractivity contribution is 0.744. The predicted octanol–water partition coefficient (Wildman–Crippen LogP) is 3.28. The fraction of sp³-hybridized carbons (Fsp3) is 0.231. The number of hydrogen-bond acceptors (Lipinski definition) is 2.